The highest BCUT2D eigenvalue weighted by Gasteiger charge is 2.03. The number of rotatable bonds is 2. The average Bonchev–Trinajstić information content (AvgIpc) is 2.56. The summed E-state index contributed by atoms with van der Waals surface area (Å²) in [7, 11) is 0. The fourth-order valence-corrected chi connectivity index (χ4v) is 1.17. The van der Waals surface area contributed by atoms with Gasteiger partial charge in [0.05, 0.1) is 11.2 Å². The van der Waals surface area contributed by atoms with Gasteiger partial charge < -0.3 is 10.5 Å². The van der Waals surface area contributed by atoms with E-state index in [1.165, 1.54) is 6.20 Å². The Morgan fingerprint density at radius 3 is 2.79 bits per heavy atom. The number of aromatic amines is 1. The molecule has 5 heteroatoms. The first kappa shape index (κ1) is 8.90. The van der Waals surface area contributed by atoms with Crippen molar-refractivity contribution in [3.8, 4) is 11.8 Å². The fraction of sp³-hybridized carbons (Fsp3) is 0. The number of nitrogens with two attached hydrogens (primary N) is 1. The van der Waals surface area contributed by atoms with E-state index in [4.69, 9.17) is 22.1 Å². The standard InChI is InChI=1S/C9H8ClN3O/c10-6-3-1-2-4-7(6)14-9-12-5-8(11)13-9/h1-5H,11H2,(H,12,13). The zero-order valence-electron chi connectivity index (χ0n) is 7.20. The Bertz CT molecular complexity index is 441. The van der Waals surface area contributed by atoms with E-state index in [9.17, 15) is 0 Å². The number of hydrogen-bond acceptors (Lipinski definition) is 3. The maximum absolute atomic E-state index is 5.88. The Morgan fingerprint density at radius 1 is 1.36 bits per heavy atom. The van der Waals surface area contributed by atoms with Gasteiger partial charge in [0.1, 0.15) is 11.6 Å². The number of nitrogen functional groups attached to an aromatic ring is 1. The second kappa shape index (κ2) is 3.59. The molecule has 3 N–H and O–H groups in total. The van der Waals surface area contributed by atoms with Gasteiger partial charge in [-0.3, -0.25) is 4.98 Å². The summed E-state index contributed by atoms with van der Waals surface area (Å²) < 4.78 is 5.35. The summed E-state index contributed by atoms with van der Waals surface area (Å²) in [6.07, 6.45) is 1.48. The summed E-state index contributed by atoms with van der Waals surface area (Å²) in [6, 6.07) is 7.47. The van der Waals surface area contributed by atoms with Crippen LogP contribution in [0.25, 0.3) is 0 Å². The minimum Gasteiger partial charge on any atom is -0.424 e. The van der Waals surface area contributed by atoms with Crippen LogP contribution in [0.5, 0.6) is 11.8 Å². The summed E-state index contributed by atoms with van der Waals surface area (Å²) in [5, 5.41) is 0.530. The van der Waals surface area contributed by atoms with Gasteiger partial charge in [-0.15, -0.1) is 0 Å². The SMILES string of the molecule is Nc1cnc(Oc2ccccc2Cl)[nH]1. The highest BCUT2D eigenvalue weighted by atomic mass is 35.5. The van der Waals surface area contributed by atoms with Crippen LogP contribution in [-0.2, 0) is 0 Å². The third-order valence-electron chi connectivity index (χ3n) is 1.62. The van der Waals surface area contributed by atoms with Gasteiger partial charge in [0.2, 0.25) is 0 Å². The van der Waals surface area contributed by atoms with Crippen LogP contribution >= 0.6 is 11.6 Å². The van der Waals surface area contributed by atoms with E-state index in [0.29, 0.717) is 22.6 Å². The van der Waals surface area contributed by atoms with Gasteiger partial charge in [0.15, 0.2) is 0 Å². The quantitative estimate of drug-likeness (QED) is 0.799. The lowest BCUT2D eigenvalue weighted by Gasteiger charge is -2.02. The molecule has 0 spiro atoms. The number of ether oxygens (including phenoxy) is 1. The van der Waals surface area contributed by atoms with E-state index >= 15 is 0 Å². The monoisotopic (exact) mass is 209 g/mol. The number of nitrogens with zero attached hydrogens (tertiary/aromatic N) is 1. The molecule has 0 bridgehead atoms. The Morgan fingerprint density at radius 2 is 2.14 bits per heavy atom. The summed E-state index contributed by atoms with van der Waals surface area (Å²) in [4.78, 5) is 6.63. The lowest BCUT2D eigenvalue weighted by Crippen LogP contribution is -1.87. The predicted octanol–water partition coefficient (Wildman–Crippen LogP) is 2.44. The Labute approximate surface area is 85.7 Å². The minimum atomic E-state index is 0.329. The number of anilines is 1. The van der Waals surface area contributed by atoms with E-state index in [0.717, 1.165) is 0 Å². The molecule has 1 heterocycles. The van der Waals surface area contributed by atoms with Crippen molar-refractivity contribution >= 4 is 17.4 Å². The lowest BCUT2D eigenvalue weighted by molar-refractivity contribution is 0.448. The maximum atomic E-state index is 5.88. The zero-order valence-corrected chi connectivity index (χ0v) is 7.95. The number of hydrogen-bond donors (Lipinski definition) is 2. The maximum Gasteiger partial charge on any atom is 0.300 e. The second-order valence-corrected chi connectivity index (χ2v) is 3.08. The van der Waals surface area contributed by atoms with Gasteiger partial charge in [-0.2, -0.15) is 0 Å². The van der Waals surface area contributed by atoms with E-state index in [1.807, 2.05) is 12.1 Å². The van der Waals surface area contributed by atoms with Gasteiger partial charge in [-0.1, -0.05) is 23.7 Å². The smallest absolute Gasteiger partial charge is 0.300 e. The number of aromatic nitrogens is 2. The van der Waals surface area contributed by atoms with Gasteiger partial charge in [0.25, 0.3) is 0 Å². The number of H-pyrrole nitrogens is 1. The molecular weight excluding hydrogens is 202 g/mol. The first-order chi connectivity index (χ1) is 6.75. The molecule has 72 valence electrons. The van der Waals surface area contributed by atoms with Crippen molar-refractivity contribution in [3.05, 3.63) is 35.5 Å². The summed E-state index contributed by atoms with van der Waals surface area (Å²) >= 11 is 5.88. The molecule has 0 aliphatic heterocycles. The summed E-state index contributed by atoms with van der Waals surface area (Å²) in [5.41, 5.74) is 5.44. The van der Waals surface area contributed by atoms with Crippen LogP contribution in [0.3, 0.4) is 0 Å². The largest absolute Gasteiger partial charge is 0.424 e. The summed E-state index contributed by atoms with van der Waals surface area (Å²) in [5.74, 6) is 0.996. The molecule has 14 heavy (non-hydrogen) atoms. The molecule has 2 rings (SSSR count). The second-order valence-electron chi connectivity index (χ2n) is 2.68. The van der Waals surface area contributed by atoms with E-state index in [-0.39, 0.29) is 0 Å². The molecule has 0 radical (unpaired) electrons. The highest BCUT2D eigenvalue weighted by molar-refractivity contribution is 6.32. The molecule has 0 unspecified atom stereocenters. The predicted molar refractivity (Wildman–Crippen MR) is 54.5 cm³/mol. The first-order valence-electron chi connectivity index (χ1n) is 3.98. The Hall–Kier alpha value is -1.68. The first-order valence-corrected chi connectivity index (χ1v) is 4.36. The third-order valence-corrected chi connectivity index (χ3v) is 1.93. The van der Waals surface area contributed by atoms with E-state index in [2.05, 4.69) is 9.97 Å². The lowest BCUT2D eigenvalue weighted by atomic mass is 10.3. The molecule has 4 nitrogen and oxygen atoms in total. The molecule has 0 saturated heterocycles. The number of para-hydroxylation sites is 1. The van der Waals surface area contributed by atoms with Crippen LogP contribution in [-0.4, -0.2) is 9.97 Å². The van der Waals surface area contributed by atoms with Crippen LogP contribution in [0.2, 0.25) is 5.02 Å². The van der Waals surface area contributed by atoms with E-state index in [1.54, 1.807) is 12.1 Å². The molecule has 1 aromatic carbocycles. The van der Waals surface area contributed by atoms with Crippen molar-refractivity contribution in [2.45, 2.75) is 0 Å². The molecule has 0 amide bonds. The summed E-state index contributed by atoms with van der Waals surface area (Å²) in [6.45, 7) is 0. The molecule has 2 aromatic rings. The average molecular weight is 210 g/mol. The Kier molecular flexibility index (Phi) is 2.28. The van der Waals surface area contributed by atoms with E-state index < -0.39 is 0 Å². The third kappa shape index (κ3) is 1.80. The van der Waals surface area contributed by atoms with Crippen LogP contribution < -0.4 is 10.5 Å². The molecular formula is C9H8ClN3O. The van der Waals surface area contributed by atoms with Crippen molar-refractivity contribution in [3.63, 3.8) is 0 Å². The van der Waals surface area contributed by atoms with Crippen molar-refractivity contribution in [2.75, 3.05) is 5.73 Å². The van der Waals surface area contributed by atoms with Crippen molar-refractivity contribution in [2.24, 2.45) is 0 Å². The van der Waals surface area contributed by atoms with Crippen molar-refractivity contribution in [1.82, 2.24) is 9.97 Å². The van der Waals surface area contributed by atoms with Gasteiger partial charge in [-0.05, 0) is 12.1 Å². The molecule has 0 aliphatic carbocycles. The topological polar surface area (TPSA) is 63.9 Å². The van der Waals surface area contributed by atoms with Crippen molar-refractivity contribution < 1.29 is 4.74 Å². The van der Waals surface area contributed by atoms with Crippen molar-refractivity contribution in [1.29, 1.82) is 0 Å². The molecule has 1 aromatic heterocycles. The van der Waals surface area contributed by atoms with Gasteiger partial charge >= 0.3 is 6.01 Å². The number of imidazole rings is 1. The van der Waals surface area contributed by atoms with Gasteiger partial charge in [0, 0.05) is 0 Å². The number of nitrogens with one attached hydrogen (secondary N) is 1. The van der Waals surface area contributed by atoms with Gasteiger partial charge in [-0.25, -0.2) is 4.98 Å². The highest BCUT2D eigenvalue weighted by Crippen LogP contribution is 2.27. The van der Waals surface area contributed by atoms with Crippen LogP contribution in [0, 0.1) is 0 Å². The number of benzene rings is 1. The Balaban J connectivity index is 2.23. The van der Waals surface area contributed by atoms with Crippen LogP contribution in [0.4, 0.5) is 5.82 Å². The minimum absolute atomic E-state index is 0.329. The molecule has 0 fully saturated rings. The number of halogens is 1. The molecule has 0 atom stereocenters. The molecule has 0 aliphatic rings. The normalized spacial score (nSPS) is 10.1. The fourth-order valence-electron chi connectivity index (χ4n) is 1.000. The molecule has 0 saturated carbocycles. The zero-order chi connectivity index (χ0) is 9.97. The van der Waals surface area contributed by atoms with Crippen LogP contribution in [0.15, 0.2) is 30.5 Å². The van der Waals surface area contributed by atoms with Crippen LogP contribution in [0.1, 0.15) is 0 Å².